The Morgan fingerprint density at radius 2 is 1.46 bits per heavy atom. The molecule has 6 amide bonds. The summed E-state index contributed by atoms with van der Waals surface area (Å²) in [5.41, 5.74) is 1.55. The monoisotopic (exact) mass is 940 g/mol. The van der Waals surface area contributed by atoms with Crippen molar-refractivity contribution in [3.05, 3.63) is 108 Å². The first-order valence-corrected chi connectivity index (χ1v) is 23.3. The number of methoxy groups -OCH3 is 1. The van der Waals surface area contributed by atoms with Crippen LogP contribution < -0.4 is 35.2 Å². The SMILES string of the molecule is COc1cc2c(Oc3ccc(NC(=O)C4(C(=O)Nc5ccc(F)cc5)CC4)cc3)ccnc2cc1N1CCC(CCN2CCN(c3c(F)ccc4c3C(=O)N(C3CCC(=O)NC3=O)C4=O)CC2)CC1. The molecular weight excluding hydrogens is 891 g/mol. The van der Waals surface area contributed by atoms with Crippen molar-refractivity contribution in [2.24, 2.45) is 11.3 Å². The lowest BCUT2D eigenvalue weighted by atomic mass is 9.92. The van der Waals surface area contributed by atoms with Gasteiger partial charge >= 0.3 is 0 Å². The van der Waals surface area contributed by atoms with Gasteiger partial charge in [0.05, 0.1) is 35.1 Å². The number of carbonyl (C=O) groups excluding carboxylic acids is 6. The fraction of sp³-hybridized carbons (Fsp3) is 0.353. The molecule has 0 radical (unpaired) electrons. The van der Waals surface area contributed by atoms with E-state index in [0.717, 1.165) is 60.4 Å². The topological polar surface area (TPSA) is 183 Å². The molecule has 18 heteroatoms. The number of carbonyl (C=O) groups is 6. The van der Waals surface area contributed by atoms with Crippen LogP contribution in [0.3, 0.4) is 0 Å². The molecule has 3 N–H and O–H groups in total. The third kappa shape index (κ3) is 8.91. The van der Waals surface area contributed by atoms with Crippen LogP contribution in [0.2, 0.25) is 0 Å². The van der Waals surface area contributed by atoms with Crippen molar-refractivity contribution in [2.75, 3.05) is 73.4 Å². The fourth-order valence-corrected chi connectivity index (χ4v) is 9.93. The fourth-order valence-electron chi connectivity index (χ4n) is 9.93. The number of nitrogens with one attached hydrogen (secondary N) is 3. The van der Waals surface area contributed by atoms with Gasteiger partial charge in [0.15, 0.2) is 0 Å². The number of nitrogens with zero attached hydrogens (tertiary/aromatic N) is 5. The molecule has 4 aromatic carbocycles. The number of piperazine rings is 1. The lowest BCUT2D eigenvalue weighted by Gasteiger charge is -2.38. The van der Waals surface area contributed by atoms with E-state index < -0.39 is 58.5 Å². The zero-order chi connectivity index (χ0) is 48.0. The van der Waals surface area contributed by atoms with Crippen molar-refractivity contribution in [3.8, 4) is 17.2 Å². The van der Waals surface area contributed by atoms with Crippen molar-refractivity contribution in [1.82, 2.24) is 20.1 Å². The second kappa shape index (κ2) is 18.6. The van der Waals surface area contributed by atoms with Crippen molar-refractivity contribution < 1.29 is 47.0 Å². The molecule has 1 aromatic heterocycles. The van der Waals surface area contributed by atoms with Gasteiger partial charge in [-0.25, -0.2) is 8.78 Å². The molecule has 5 heterocycles. The maximum Gasteiger partial charge on any atom is 0.264 e. The highest BCUT2D eigenvalue weighted by Crippen LogP contribution is 2.48. The molecule has 5 aliphatic rings. The highest BCUT2D eigenvalue weighted by atomic mass is 19.1. The Bertz CT molecular complexity index is 2880. The Labute approximate surface area is 395 Å². The van der Waals surface area contributed by atoms with Gasteiger partial charge in [-0.1, -0.05) is 0 Å². The predicted octanol–water partition coefficient (Wildman–Crippen LogP) is 6.50. The molecule has 69 heavy (non-hydrogen) atoms. The molecule has 1 atom stereocenters. The number of amides is 6. The van der Waals surface area contributed by atoms with Gasteiger partial charge in [0, 0.05) is 68.6 Å². The molecule has 1 saturated carbocycles. The van der Waals surface area contributed by atoms with Crippen LogP contribution in [-0.2, 0) is 19.2 Å². The van der Waals surface area contributed by atoms with Gasteiger partial charge in [-0.15, -0.1) is 0 Å². The first-order chi connectivity index (χ1) is 33.4. The average Bonchev–Trinajstić information content (AvgIpc) is 4.14. The van der Waals surface area contributed by atoms with Crippen molar-refractivity contribution in [3.63, 3.8) is 0 Å². The summed E-state index contributed by atoms with van der Waals surface area (Å²) in [7, 11) is 1.65. The molecule has 1 aliphatic carbocycles. The number of aromatic nitrogens is 1. The maximum absolute atomic E-state index is 15.5. The van der Waals surface area contributed by atoms with Gasteiger partial charge in [-0.05, 0) is 130 Å². The summed E-state index contributed by atoms with van der Waals surface area (Å²) in [5, 5.41) is 8.54. The minimum atomic E-state index is -1.19. The maximum atomic E-state index is 15.5. The van der Waals surface area contributed by atoms with Crippen LogP contribution in [0.1, 0.15) is 65.7 Å². The standard InChI is InChI=1S/C51H50F2N8O8/c1-68-42-28-36-38(54-20-14-41(36)69-34-8-6-33(7-9-34)56-50(67)51(18-19-51)49(66)55-32-4-2-31(52)3-5-32)29-40(42)59-22-16-30(17-23-59)15-21-58-24-26-60(27-25-58)45-37(53)11-10-35-44(45)48(65)61(47(35)64)39-12-13-43(62)57-46(39)63/h2-11,14,20,28-30,39H,12-13,15-19,21-27H2,1H3,(H,55,66)(H,56,67)(H,57,62,63). The molecule has 5 aromatic rings. The van der Waals surface area contributed by atoms with Crippen LogP contribution in [0, 0.1) is 23.0 Å². The number of piperidine rings is 2. The predicted molar refractivity (Wildman–Crippen MR) is 251 cm³/mol. The quantitative estimate of drug-likeness (QED) is 0.0863. The lowest BCUT2D eigenvalue weighted by molar-refractivity contribution is -0.136. The van der Waals surface area contributed by atoms with Gasteiger partial charge in [0.25, 0.3) is 11.8 Å². The van der Waals surface area contributed by atoms with Gasteiger partial charge in [-0.3, -0.25) is 48.9 Å². The largest absolute Gasteiger partial charge is 0.495 e. The van der Waals surface area contributed by atoms with Gasteiger partial charge in [0.1, 0.15) is 40.3 Å². The Morgan fingerprint density at radius 1 is 0.783 bits per heavy atom. The Balaban J connectivity index is 0.715. The summed E-state index contributed by atoms with van der Waals surface area (Å²) in [4.78, 5) is 89.6. The lowest BCUT2D eigenvalue weighted by Crippen LogP contribution is -2.54. The Hall–Kier alpha value is -7.47. The van der Waals surface area contributed by atoms with Crippen molar-refractivity contribution >= 4 is 69.1 Å². The zero-order valence-corrected chi connectivity index (χ0v) is 37.9. The Kier molecular flexibility index (Phi) is 12.2. The molecule has 1 unspecified atom stereocenters. The van der Waals surface area contributed by atoms with Gasteiger partial charge in [0.2, 0.25) is 23.6 Å². The van der Waals surface area contributed by atoms with Crippen LogP contribution in [0.15, 0.2) is 85.1 Å². The summed E-state index contributed by atoms with van der Waals surface area (Å²) in [6.07, 6.45) is 5.52. The molecule has 0 bridgehead atoms. The third-order valence-corrected chi connectivity index (χ3v) is 14.1. The smallest absolute Gasteiger partial charge is 0.264 e. The van der Waals surface area contributed by atoms with Crippen molar-refractivity contribution in [1.29, 1.82) is 0 Å². The van der Waals surface area contributed by atoms with E-state index in [1.54, 1.807) is 43.6 Å². The number of ether oxygens (including phenoxy) is 2. The van der Waals surface area contributed by atoms with Gasteiger partial charge < -0.3 is 29.9 Å². The molecule has 0 spiro atoms. The number of pyridine rings is 1. The molecule has 10 rings (SSSR count). The molecule has 4 fully saturated rings. The molecule has 16 nitrogen and oxygen atoms in total. The van der Waals surface area contributed by atoms with E-state index in [-0.39, 0.29) is 29.7 Å². The molecule has 3 saturated heterocycles. The van der Waals surface area contributed by atoms with E-state index in [4.69, 9.17) is 9.47 Å². The summed E-state index contributed by atoms with van der Waals surface area (Å²) in [6.45, 7) is 4.78. The van der Waals surface area contributed by atoms with Crippen molar-refractivity contribution in [2.45, 2.75) is 51.0 Å². The van der Waals surface area contributed by atoms with Crippen LogP contribution >= 0.6 is 0 Å². The number of rotatable bonds is 13. The van der Waals surface area contributed by atoms with Gasteiger partial charge in [-0.2, -0.15) is 0 Å². The second-order valence-corrected chi connectivity index (χ2v) is 18.3. The highest BCUT2D eigenvalue weighted by molar-refractivity contribution is 6.25. The van der Waals surface area contributed by atoms with E-state index in [9.17, 15) is 33.2 Å². The molecule has 4 aliphatic heterocycles. The van der Waals surface area contributed by atoms with Crippen LogP contribution in [-0.4, -0.2) is 109 Å². The van der Waals surface area contributed by atoms with E-state index in [2.05, 4.69) is 30.7 Å². The van der Waals surface area contributed by atoms with Crippen LogP contribution in [0.4, 0.5) is 31.5 Å². The number of hydrogen-bond donors (Lipinski definition) is 3. The number of halogens is 2. The number of anilines is 4. The molecular formula is C51H50F2N8O8. The second-order valence-electron chi connectivity index (χ2n) is 18.3. The third-order valence-electron chi connectivity index (χ3n) is 14.1. The minimum absolute atomic E-state index is 0.00354. The van der Waals surface area contributed by atoms with E-state index in [1.165, 1.54) is 36.4 Å². The average molecular weight is 941 g/mol. The van der Waals surface area contributed by atoms with Crippen LogP contribution in [0.5, 0.6) is 17.2 Å². The van der Waals surface area contributed by atoms with E-state index in [1.807, 2.05) is 17.0 Å². The number of imide groups is 2. The number of fused-ring (bicyclic) bond motifs is 2. The molecule has 356 valence electrons. The van der Waals surface area contributed by atoms with Crippen LogP contribution in [0.25, 0.3) is 10.9 Å². The van der Waals surface area contributed by atoms with E-state index >= 15 is 4.39 Å². The summed E-state index contributed by atoms with van der Waals surface area (Å²) in [5.74, 6) is -2.09. The first kappa shape index (κ1) is 45.3. The summed E-state index contributed by atoms with van der Waals surface area (Å²) in [6, 6.07) is 19.4. The minimum Gasteiger partial charge on any atom is -0.495 e. The zero-order valence-electron chi connectivity index (χ0n) is 37.9. The first-order valence-electron chi connectivity index (χ1n) is 23.3. The number of hydrogen-bond acceptors (Lipinski definition) is 12. The normalized spacial score (nSPS) is 19.3. The summed E-state index contributed by atoms with van der Waals surface area (Å²) < 4.78 is 41.1. The van der Waals surface area contributed by atoms with E-state index in [0.29, 0.717) is 73.6 Å². The number of benzene rings is 4. The Morgan fingerprint density at radius 3 is 2.12 bits per heavy atom. The highest BCUT2D eigenvalue weighted by Gasteiger charge is 2.56. The summed E-state index contributed by atoms with van der Waals surface area (Å²) >= 11 is 0.